The Morgan fingerprint density at radius 3 is 2.63 bits per heavy atom. The van der Waals surface area contributed by atoms with Gasteiger partial charge in [-0.15, -0.1) is 0 Å². The van der Waals surface area contributed by atoms with Crippen LogP contribution in [-0.2, 0) is 6.42 Å². The Morgan fingerprint density at radius 2 is 1.85 bits per heavy atom. The van der Waals surface area contributed by atoms with Gasteiger partial charge < -0.3 is 10.6 Å². The molecule has 0 atom stereocenters. The molecule has 0 saturated carbocycles. The quantitative estimate of drug-likeness (QED) is 0.565. The van der Waals surface area contributed by atoms with Gasteiger partial charge in [0.15, 0.2) is 0 Å². The van der Waals surface area contributed by atoms with Gasteiger partial charge in [0.1, 0.15) is 17.2 Å². The fourth-order valence-electron chi connectivity index (χ4n) is 3.59. The summed E-state index contributed by atoms with van der Waals surface area (Å²) in [4.78, 5) is 8.91. The van der Waals surface area contributed by atoms with E-state index in [4.69, 9.17) is 16.6 Å². The van der Waals surface area contributed by atoms with Crippen molar-refractivity contribution in [3.63, 3.8) is 0 Å². The predicted octanol–water partition coefficient (Wildman–Crippen LogP) is 1.25. The number of rotatable bonds is 3. The van der Waals surface area contributed by atoms with Crippen molar-refractivity contribution in [3.8, 4) is 11.1 Å². The fourth-order valence-corrected chi connectivity index (χ4v) is 3.59. The number of nitrogens with two attached hydrogens (primary N) is 1. The molecule has 3 heterocycles. The van der Waals surface area contributed by atoms with Gasteiger partial charge in [0.25, 0.3) is 0 Å². The number of pyridine rings is 1. The Kier molecular flexibility index (Phi) is 4.63. The first kappa shape index (κ1) is 17.6. The van der Waals surface area contributed by atoms with Crippen LogP contribution in [0.5, 0.6) is 0 Å². The minimum atomic E-state index is 0.326. The summed E-state index contributed by atoms with van der Waals surface area (Å²) in [6.45, 7) is 4.51. The van der Waals surface area contributed by atoms with E-state index >= 15 is 0 Å². The first-order valence-corrected chi connectivity index (χ1v) is 9.22. The highest BCUT2D eigenvalue weighted by Crippen LogP contribution is 2.30. The lowest BCUT2D eigenvalue weighted by Crippen LogP contribution is -2.47. The van der Waals surface area contributed by atoms with Crippen molar-refractivity contribution in [3.05, 3.63) is 47.6 Å². The van der Waals surface area contributed by atoms with Crippen LogP contribution in [0.4, 0.5) is 5.69 Å². The highest BCUT2D eigenvalue weighted by molar-refractivity contribution is 5.91. The van der Waals surface area contributed by atoms with E-state index in [1.807, 2.05) is 24.4 Å². The summed E-state index contributed by atoms with van der Waals surface area (Å²) < 4.78 is 1.67. The van der Waals surface area contributed by atoms with E-state index < -0.39 is 0 Å². The van der Waals surface area contributed by atoms with E-state index in [-0.39, 0.29) is 0 Å². The first-order chi connectivity index (χ1) is 13.0. The molecular formula is C20H25N7. The van der Waals surface area contributed by atoms with Gasteiger partial charge >= 0.3 is 0 Å². The molecule has 2 aliphatic heterocycles. The number of fused-ring (bicyclic) bond motifs is 1. The molecule has 4 N–H and O–H groups in total. The SMILES string of the molecule is CN1CCN(CC(=N)n2cc(-c3ccc4c(c3)CC(N)=N4)ccc2=N)CC1. The van der Waals surface area contributed by atoms with Gasteiger partial charge in [-0.3, -0.25) is 20.3 Å². The lowest BCUT2D eigenvalue weighted by molar-refractivity contribution is 0.169. The van der Waals surface area contributed by atoms with Gasteiger partial charge in [-0.2, -0.15) is 0 Å². The summed E-state index contributed by atoms with van der Waals surface area (Å²) in [6, 6.07) is 9.80. The Balaban J connectivity index is 1.56. The summed E-state index contributed by atoms with van der Waals surface area (Å²) in [5, 5.41) is 16.7. The lowest BCUT2D eigenvalue weighted by Gasteiger charge is -2.32. The minimum absolute atomic E-state index is 0.326. The van der Waals surface area contributed by atoms with Gasteiger partial charge in [-0.1, -0.05) is 6.07 Å². The molecule has 0 amide bonds. The predicted molar refractivity (Wildman–Crippen MR) is 108 cm³/mol. The van der Waals surface area contributed by atoms with Crippen LogP contribution >= 0.6 is 0 Å². The molecule has 1 fully saturated rings. The second kappa shape index (κ2) is 7.09. The molecule has 0 unspecified atom stereocenters. The fraction of sp³-hybridized carbons (Fsp3) is 0.350. The van der Waals surface area contributed by atoms with Crippen molar-refractivity contribution >= 4 is 17.4 Å². The molecular weight excluding hydrogens is 338 g/mol. The molecule has 2 aromatic rings. The smallest absolute Gasteiger partial charge is 0.130 e. The van der Waals surface area contributed by atoms with E-state index in [1.54, 1.807) is 10.6 Å². The van der Waals surface area contributed by atoms with Crippen molar-refractivity contribution in [1.82, 2.24) is 14.4 Å². The zero-order valence-electron chi connectivity index (χ0n) is 15.6. The van der Waals surface area contributed by atoms with Crippen LogP contribution in [0.1, 0.15) is 5.56 Å². The van der Waals surface area contributed by atoms with Crippen LogP contribution in [0.15, 0.2) is 41.5 Å². The number of likely N-dealkylation sites (N-methyl/N-ethyl adjacent to an activating group) is 1. The number of benzene rings is 1. The average molecular weight is 363 g/mol. The zero-order chi connectivity index (χ0) is 19.0. The summed E-state index contributed by atoms with van der Waals surface area (Å²) >= 11 is 0. The minimum Gasteiger partial charge on any atom is -0.387 e. The van der Waals surface area contributed by atoms with E-state index in [1.165, 1.54) is 0 Å². The molecule has 1 aromatic carbocycles. The highest BCUT2D eigenvalue weighted by Gasteiger charge is 2.17. The summed E-state index contributed by atoms with van der Waals surface area (Å²) in [5.41, 5.74) is 10.3. The maximum absolute atomic E-state index is 8.52. The third-order valence-electron chi connectivity index (χ3n) is 5.26. The topological polar surface area (TPSA) is 97.5 Å². The molecule has 1 saturated heterocycles. The van der Waals surface area contributed by atoms with Gasteiger partial charge in [-0.25, -0.2) is 4.99 Å². The Morgan fingerprint density at radius 1 is 1.11 bits per heavy atom. The van der Waals surface area contributed by atoms with Crippen molar-refractivity contribution in [1.29, 1.82) is 10.8 Å². The van der Waals surface area contributed by atoms with Gasteiger partial charge in [0.2, 0.25) is 0 Å². The largest absolute Gasteiger partial charge is 0.387 e. The van der Waals surface area contributed by atoms with E-state index in [0.29, 0.717) is 30.1 Å². The Labute approximate surface area is 158 Å². The van der Waals surface area contributed by atoms with E-state index in [0.717, 1.165) is 48.6 Å². The monoisotopic (exact) mass is 363 g/mol. The maximum Gasteiger partial charge on any atom is 0.130 e. The second-order valence-electron chi connectivity index (χ2n) is 7.32. The van der Waals surface area contributed by atoms with E-state index in [9.17, 15) is 0 Å². The number of nitrogens with zero attached hydrogens (tertiary/aromatic N) is 4. The molecule has 0 radical (unpaired) electrons. The molecule has 4 rings (SSSR count). The van der Waals surface area contributed by atoms with Crippen LogP contribution in [0.2, 0.25) is 0 Å². The van der Waals surface area contributed by atoms with Gasteiger partial charge in [0, 0.05) is 38.8 Å². The number of nitrogens with one attached hydrogen (secondary N) is 2. The van der Waals surface area contributed by atoms with Crippen LogP contribution < -0.4 is 11.2 Å². The lowest BCUT2D eigenvalue weighted by atomic mass is 10.0. The molecule has 0 bridgehead atoms. The molecule has 2 aliphatic rings. The Hall–Kier alpha value is -2.77. The molecule has 1 aromatic heterocycles. The standard InChI is InChI=1S/C20H25N7/c1-25-6-8-26(9-7-25)13-20(23)27-12-15(3-5-19(27)22)14-2-4-17-16(10-14)11-18(21)24-17/h2-5,10,12,22-23H,6-9,11,13H2,1H3,(H2,21,24). The molecule has 27 heavy (non-hydrogen) atoms. The number of aliphatic imine (C=N–C) groups is 1. The number of piperazine rings is 1. The summed E-state index contributed by atoms with van der Waals surface area (Å²) in [7, 11) is 2.12. The Bertz CT molecular complexity index is 965. The normalized spacial score (nSPS) is 17.6. The van der Waals surface area contributed by atoms with Crippen LogP contribution in [0.25, 0.3) is 11.1 Å². The third kappa shape index (κ3) is 3.70. The van der Waals surface area contributed by atoms with Gasteiger partial charge in [0.05, 0.1) is 12.2 Å². The second-order valence-corrected chi connectivity index (χ2v) is 7.32. The number of hydrogen-bond donors (Lipinski definition) is 3. The number of aromatic nitrogens is 1. The maximum atomic E-state index is 8.52. The van der Waals surface area contributed by atoms with Crippen molar-refractivity contribution in [2.24, 2.45) is 10.7 Å². The van der Waals surface area contributed by atoms with Crippen molar-refractivity contribution < 1.29 is 0 Å². The van der Waals surface area contributed by atoms with Crippen LogP contribution in [-0.4, -0.2) is 65.8 Å². The molecule has 7 heteroatoms. The summed E-state index contributed by atoms with van der Waals surface area (Å²) in [6.07, 6.45) is 2.57. The first-order valence-electron chi connectivity index (χ1n) is 9.22. The average Bonchev–Trinajstić information content (AvgIpc) is 3.03. The molecule has 0 spiro atoms. The third-order valence-corrected chi connectivity index (χ3v) is 5.26. The highest BCUT2D eigenvalue weighted by atomic mass is 15.3. The van der Waals surface area contributed by atoms with Crippen LogP contribution in [0, 0.1) is 10.8 Å². The van der Waals surface area contributed by atoms with Crippen molar-refractivity contribution in [2.75, 3.05) is 39.8 Å². The number of hydrogen-bond acceptors (Lipinski definition) is 6. The summed E-state index contributed by atoms with van der Waals surface area (Å²) in [5.74, 6) is 1.08. The van der Waals surface area contributed by atoms with Crippen molar-refractivity contribution in [2.45, 2.75) is 6.42 Å². The zero-order valence-corrected chi connectivity index (χ0v) is 15.6. The molecule has 0 aliphatic carbocycles. The molecule has 7 nitrogen and oxygen atoms in total. The van der Waals surface area contributed by atoms with Crippen LogP contribution in [0.3, 0.4) is 0 Å². The number of amidine groups is 1. The van der Waals surface area contributed by atoms with E-state index in [2.05, 4.69) is 27.9 Å². The molecule has 140 valence electrons. The van der Waals surface area contributed by atoms with Gasteiger partial charge in [-0.05, 0) is 48.0 Å².